The first-order chi connectivity index (χ1) is 6.35. The molecule has 0 aromatic rings. The number of rotatable bonds is 2. The lowest BCUT2D eigenvalue weighted by molar-refractivity contribution is 0.0527. The molecular formula is C10H18N2O2. The highest BCUT2D eigenvalue weighted by Crippen LogP contribution is 2.05. The molecule has 0 fully saturated rings. The van der Waals surface area contributed by atoms with Gasteiger partial charge in [0.1, 0.15) is 5.60 Å². The number of hydrogen-bond acceptors (Lipinski definition) is 3. The maximum atomic E-state index is 11.1. The second-order valence-corrected chi connectivity index (χ2v) is 3.88. The van der Waals surface area contributed by atoms with E-state index in [0.717, 1.165) is 0 Å². The Morgan fingerprint density at radius 2 is 2.14 bits per heavy atom. The predicted octanol–water partition coefficient (Wildman–Crippen LogP) is 0.862. The molecule has 1 atom stereocenters. The Hall–Kier alpha value is -1.21. The maximum Gasteiger partial charge on any atom is 0.407 e. The lowest BCUT2D eigenvalue weighted by Gasteiger charge is -2.20. The van der Waals surface area contributed by atoms with Crippen molar-refractivity contribution in [1.82, 2.24) is 5.32 Å². The number of carbonyl (C=O) groups excluding carboxylic acids is 1. The molecule has 0 saturated heterocycles. The Morgan fingerprint density at radius 1 is 1.57 bits per heavy atom. The molecule has 0 saturated carbocycles. The van der Waals surface area contributed by atoms with Crippen molar-refractivity contribution < 1.29 is 9.53 Å². The number of nitrogens with two attached hydrogens (primary N) is 1. The molecule has 0 unspecified atom stereocenters. The summed E-state index contributed by atoms with van der Waals surface area (Å²) in [4.78, 5) is 11.1. The van der Waals surface area contributed by atoms with E-state index in [1.807, 2.05) is 0 Å². The Kier molecular flexibility index (Phi) is 5.03. The van der Waals surface area contributed by atoms with Gasteiger partial charge in [0.25, 0.3) is 0 Å². The topological polar surface area (TPSA) is 64.3 Å². The Bertz CT molecular complexity index is 245. The molecule has 14 heavy (non-hydrogen) atoms. The standard InChI is InChI=1S/C10H18N2O2/c1-5-6-8(11)7-12-9(13)14-10(2,3)4/h8H,7,11H2,1-4H3,(H,12,13)/t8-/m1/s1. The first-order valence-electron chi connectivity index (χ1n) is 4.50. The van der Waals surface area contributed by atoms with Crippen molar-refractivity contribution in [3.63, 3.8) is 0 Å². The Balaban J connectivity index is 3.79. The molecule has 0 rings (SSSR count). The molecule has 0 radical (unpaired) electrons. The predicted molar refractivity (Wildman–Crippen MR) is 55.7 cm³/mol. The van der Waals surface area contributed by atoms with Gasteiger partial charge in [0, 0.05) is 6.54 Å². The van der Waals surface area contributed by atoms with Crippen molar-refractivity contribution in [2.45, 2.75) is 39.3 Å². The SMILES string of the molecule is CC#C[C@@H](N)CNC(=O)OC(C)(C)C. The first-order valence-corrected chi connectivity index (χ1v) is 4.50. The minimum Gasteiger partial charge on any atom is -0.444 e. The summed E-state index contributed by atoms with van der Waals surface area (Å²) < 4.78 is 5.01. The van der Waals surface area contributed by atoms with Crippen LogP contribution in [0.15, 0.2) is 0 Å². The number of amides is 1. The van der Waals surface area contributed by atoms with Gasteiger partial charge in [0.2, 0.25) is 0 Å². The number of nitrogens with one attached hydrogen (secondary N) is 1. The van der Waals surface area contributed by atoms with E-state index < -0.39 is 11.7 Å². The fourth-order valence-corrected chi connectivity index (χ4v) is 0.744. The van der Waals surface area contributed by atoms with Crippen LogP contribution in [0.1, 0.15) is 27.7 Å². The Morgan fingerprint density at radius 3 is 2.57 bits per heavy atom. The highest BCUT2D eigenvalue weighted by Gasteiger charge is 2.15. The second-order valence-electron chi connectivity index (χ2n) is 3.88. The molecule has 1 amide bonds. The van der Waals surface area contributed by atoms with Gasteiger partial charge in [0.15, 0.2) is 0 Å². The van der Waals surface area contributed by atoms with Gasteiger partial charge in [-0.3, -0.25) is 0 Å². The minimum absolute atomic E-state index is 0.301. The molecule has 4 heteroatoms. The largest absolute Gasteiger partial charge is 0.444 e. The van der Waals surface area contributed by atoms with Crippen LogP contribution in [0, 0.1) is 11.8 Å². The second kappa shape index (κ2) is 5.51. The average molecular weight is 198 g/mol. The van der Waals surface area contributed by atoms with Crippen LogP contribution < -0.4 is 11.1 Å². The van der Waals surface area contributed by atoms with Gasteiger partial charge in [-0.1, -0.05) is 5.92 Å². The Labute approximate surface area is 85.2 Å². The van der Waals surface area contributed by atoms with E-state index in [1.54, 1.807) is 27.7 Å². The van der Waals surface area contributed by atoms with Crippen molar-refractivity contribution in [2.24, 2.45) is 5.73 Å². The molecule has 0 bridgehead atoms. The van der Waals surface area contributed by atoms with Crippen LogP contribution in [0.3, 0.4) is 0 Å². The quantitative estimate of drug-likeness (QED) is 0.647. The van der Waals surface area contributed by atoms with Crippen molar-refractivity contribution in [3.8, 4) is 11.8 Å². The van der Waals surface area contributed by atoms with Crippen molar-refractivity contribution in [3.05, 3.63) is 0 Å². The monoisotopic (exact) mass is 198 g/mol. The maximum absolute atomic E-state index is 11.1. The summed E-state index contributed by atoms with van der Waals surface area (Å²) in [6, 6.07) is -0.340. The van der Waals surface area contributed by atoms with Gasteiger partial charge in [-0.15, -0.1) is 5.92 Å². The molecule has 0 heterocycles. The van der Waals surface area contributed by atoms with E-state index in [1.165, 1.54) is 0 Å². The molecule has 0 aliphatic heterocycles. The van der Waals surface area contributed by atoms with Crippen LogP contribution in [0.5, 0.6) is 0 Å². The summed E-state index contributed by atoms with van der Waals surface area (Å²) in [6.45, 7) is 7.41. The third kappa shape index (κ3) is 7.44. The van der Waals surface area contributed by atoms with Gasteiger partial charge in [-0.25, -0.2) is 4.79 Å². The normalized spacial score (nSPS) is 12.4. The third-order valence-corrected chi connectivity index (χ3v) is 1.19. The average Bonchev–Trinajstić information content (AvgIpc) is 1.98. The molecule has 80 valence electrons. The lowest BCUT2D eigenvalue weighted by Crippen LogP contribution is -2.39. The van der Waals surface area contributed by atoms with E-state index in [-0.39, 0.29) is 6.04 Å². The van der Waals surface area contributed by atoms with Crippen molar-refractivity contribution in [2.75, 3.05) is 6.54 Å². The molecule has 0 aliphatic carbocycles. The van der Waals surface area contributed by atoms with Crippen LogP contribution >= 0.6 is 0 Å². The van der Waals surface area contributed by atoms with Gasteiger partial charge in [0.05, 0.1) is 6.04 Å². The summed E-state index contributed by atoms with van der Waals surface area (Å²) in [6.07, 6.45) is -0.467. The van der Waals surface area contributed by atoms with E-state index >= 15 is 0 Å². The van der Waals surface area contributed by atoms with Crippen LogP contribution in [-0.4, -0.2) is 24.3 Å². The summed E-state index contributed by atoms with van der Waals surface area (Å²) >= 11 is 0. The van der Waals surface area contributed by atoms with E-state index in [4.69, 9.17) is 10.5 Å². The minimum atomic E-state index is -0.482. The smallest absolute Gasteiger partial charge is 0.407 e. The fourth-order valence-electron chi connectivity index (χ4n) is 0.744. The van der Waals surface area contributed by atoms with E-state index in [9.17, 15) is 4.79 Å². The highest BCUT2D eigenvalue weighted by molar-refractivity contribution is 5.67. The molecule has 0 aliphatic rings. The van der Waals surface area contributed by atoms with E-state index in [2.05, 4.69) is 17.2 Å². The van der Waals surface area contributed by atoms with E-state index in [0.29, 0.717) is 6.54 Å². The lowest BCUT2D eigenvalue weighted by atomic mass is 10.2. The zero-order valence-corrected chi connectivity index (χ0v) is 9.18. The molecule has 3 N–H and O–H groups in total. The number of carbonyl (C=O) groups is 1. The molecule has 0 aromatic heterocycles. The van der Waals surface area contributed by atoms with Gasteiger partial charge >= 0.3 is 6.09 Å². The van der Waals surface area contributed by atoms with Crippen LogP contribution in [0.4, 0.5) is 4.79 Å². The molecule has 4 nitrogen and oxygen atoms in total. The van der Waals surface area contributed by atoms with Crippen LogP contribution in [0.25, 0.3) is 0 Å². The number of alkyl carbamates (subject to hydrolysis) is 1. The van der Waals surface area contributed by atoms with Gasteiger partial charge < -0.3 is 15.8 Å². The van der Waals surface area contributed by atoms with Gasteiger partial charge in [-0.2, -0.15) is 0 Å². The van der Waals surface area contributed by atoms with Crippen molar-refractivity contribution >= 4 is 6.09 Å². The molecule has 0 aromatic carbocycles. The van der Waals surface area contributed by atoms with Gasteiger partial charge in [-0.05, 0) is 27.7 Å². The summed E-state index contributed by atoms with van der Waals surface area (Å²) in [5.74, 6) is 5.39. The van der Waals surface area contributed by atoms with Crippen LogP contribution in [0.2, 0.25) is 0 Å². The summed E-state index contributed by atoms with van der Waals surface area (Å²) in [7, 11) is 0. The summed E-state index contributed by atoms with van der Waals surface area (Å²) in [5.41, 5.74) is 5.07. The zero-order chi connectivity index (χ0) is 11.2. The summed E-state index contributed by atoms with van der Waals surface area (Å²) in [5, 5.41) is 2.54. The zero-order valence-electron chi connectivity index (χ0n) is 9.18. The fraction of sp³-hybridized carbons (Fsp3) is 0.700. The highest BCUT2D eigenvalue weighted by atomic mass is 16.6. The molecule has 0 spiro atoms. The van der Waals surface area contributed by atoms with Crippen molar-refractivity contribution in [1.29, 1.82) is 0 Å². The number of hydrogen-bond donors (Lipinski definition) is 2. The van der Waals surface area contributed by atoms with Crippen LogP contribution in [-0.2, 0) is 4.74 Å². The first kappa shape index (κ1) is 12.8. The number of ether oxygens (including phenoxy) is 1. The third-order valence-electron chi connectivity index (χ3n) is 1.19. The molecular weight excluding hydrogens is 180 g/mol.